The maximum Gasteiger partial charge on any atom is 0.260 e. The van der Waals surface area contributed by atoms with Gasteiger partial charge in [0.2, 0.25) is 0 Å². The van der Waals surface area contributed by atoms with Crippen molar-refractivity contribution in [3.8, 4) is 5.75 Å². The van der Waals surface area contributed by atoms with Crippen LogP contribution in [0.15, 0.2) is 24.3 Å². The van der Waals surface area contributed by atoms with Crippen LogP contribution in [-0.2, 0) is 16.0 Å². The molecule has 0 aromatic heterocycles. The molecular weight excluding hydrogens is 306 g/mol. The molecule has 2 aliphatic heterocycles. The van der Waals surface area contributed by atoms with Gasteiger partial charge in [-0.1, -0.05) is 19.1 Å². The number of aliphatic hydroxyl groups is 1. The van der Waals surface area contributed by atoms with E-state index in [-0.39, 0.29) is 30.6 Å². The van der Waals surface area contributed by atoms with Crippen molar-refractivity contribution in [1.82, 2.24) is 4.90 Å². The maximum atomic E-state index is 12.6. The zero-order valence-electron chi connectivity index (χ0n) is 14.3. The van der Waals surface area contributed by atoms with Crippen molar-refractivity contribution in [3.63, 3.8) is 0 Å². The number of likely N-dealkylation sites (tertiary alicyclic amines) is 1. The molecule has 2 fully saturated rings. The first kappa shape index (κ1) is 17.2. The number of ether oxygens (including phenoxy) is 2. The molecule has 5 nitrogen and oxygen atoms in total. The largest absolute Gasteiger partial charge is 0.484 e. The van der Waals surface area contributed by atoms with Crippen molar-refractivity contribution in [3.05, 3.63) is 29.8 Å². The van der Waals surface area contributed by atoms with Crippen molar-refractivity contribution >= 4 is 5.91 Å². The van der Waals surface area contributed by atoms with Crippen LogP contribution in [0.4, 0.5) is 0 Å². The second kappa shape index (κ2) is 7.99. The van der Waals surface area contributed by atoms with Gasteiger partial charge in [0.15, 0.2) is 6.61 Å². The predicted octanol–water partition coefficient (Wildman–Crippen LogP) is 2.02. The number of carbonyl (C=O) groups excluding carboxylic acids is 1. The number of amides is 1. The minimum atomic E-state index is -0.375. The van der Waals surface area contributed by atoms with Crippen molar-refractivity contribution < 1.29 is 19.4 Å². The van der Waals surface area contributed by atoms with Gasteiger partial charge in [-0.05, 0) is 43.4 Å². The van der Waals surface area contributed by atoms with E-state index in [2.05, 4.69) is 6.92 Å². The van der Waals surface area contributed by atoms with Crippen molar-refractivity contribution in [2.75, 3.05) is 26.4 Å². The number of nitrogens with zero attached hydrogens (tertiary/aromatic N) is 1. The van der Waals surface area contributed by atoms with Gasteiger partial charge in [-0.15, -0.1) is 0 Å². The highest BCUT2D eigenvalue weighted by Crippen LogP contribution is 2.30. The summed E-state index contributed by atoms with van der Waals surface area (Å²) < 4.78 is 11.2. The maximum absolute atomic E-state index is 12.6. The number of aryl methyl sites for hydroxylation is 1. The van der Waals surface area contributed by atoms with E-state index in [1.165, 1.54) is 5.56 Å². The highest BCUT2D eigenvalue weighted by Gasteiger charge is 2.39. The molecule has 0 bridgehead atoms. The van der Waals surface area contributed by atoms with Crippen LogP contribution in [0.2, 0.25) is 0 Å². The summed E-state index contributed by atoms with van der Waals surface area (Å²) in [5, 5.41) is 10.2. The lowest BCUT2D eigenvalue weighted by Gasteiger charge is -2.36. The van der Waals surface area contributed by atoms with E-state index >= 15 is 0 Å². The Kier molecular flexibility index (Phi) is 5.74. The lowest BCUT2D eigenvalue weighted by molar-refractivity contribution is -0.138. The molecular formula is C19H27NO4. The first-order valence-corrected chi connectivity index (χ1v) is 8.96. The summed E-state index contributed by atoms with van der Waals surface area (Å²) in [6, 6.07) is 7.93. The quantitative estimate of drug-likeness (QED) is 0.895. The van der Waals surface area contributed by atoms with E-state index in [1.807, 2.05) is 29.2 Å². The molecule has 132 valence electrons. The average molecular weight is 333 g/mol. The van der Waals surface area contributed by atoms with E-state index in [4.69, 9.17) is 9.47 Å². The molecule has 2 aliphatic rings. The van der Waals surface area contributed by atoms with Crippen LogP contribution in [0, 0.1) is 5.92 Å². The zero-order chi connectivity index (χ0) is 16.9. The first-order valence-electron chi connectivity index (χ1n) is 8.96. The van der Waals surface area contributed by atoms with Crippen LogP contribution in [0.3, 0.4) is 0 Å². The summed E-state index contributed by atoms with van der Waals surface area (Å²) in [4.78, 5) is 14.5. The molecule has 5 heteroatoms. The number of hydrogen-bond donors (Lipinski definition) is 1. The fourth-order valence-corrected chi connectivity index (χ4v) is 3.71. The Balaban J connectivity index is 1.56. The number of benzene rings is 1. The van der Waals surface area contributed by atoms with Gasteiger partial charge in [0.1, 0.15) is 5.75 Å². The third-order valence-corrected chi connectivity index (χ3v) is 5.17. The highest BCUT2D eigenvalue weighted by molar-refractivity contribution is 5.78. The van der Waals surface area contributed by atoms with E-state index in [1.54, 1.807) is 0 Å². The number of hydrogen-bond acceptors (Lipinski definition) is 4. The molecule has 2 saturated heterocycles. The lowest BCUT2D eigenvalue weighted by atomic mass is 9.89. The number of aliphatic hydroxyl groups excluding tert-OH is 1. The van der Waals surface area contributed by atoms with Crippen LogP contribution < -0.4 is 4.74 Å². The SMILES string of the molecule is CCc1ccc(OCC(=O)N2CCC[C@@H]2[C@H]2COCC[C@@H]2O)cc1. The van der Waals surface area contributed by atoms with Crippen molar-refractivity contribution in [2.45, 2.75) is 44.8 Å². The highest BCUT2D eigenvalue weighted by atomic mass is 16.5. The minimum absolute atomic E-state index is 0.00478. The van der Waals surface area contributed by atoms with Gasteiger partial charge in [-0.3, -0.25) is 4.79 Å². The summed E-state index contributed by atoms with van der Waals surface area (Å²) in [7, 11) is 0. The molecule has 3 atom stereocenters. The Bertz CT molecular complexity index is 545. The molecule has 0 saturated carbocycles. The number of carbonyl (C=O) groups is 1. The van der Waals surface area contributed by atoms with Gasteiger partial charge in [0.05, 0.1) is 12.7 Å². The molecule has 1 aromatic carbocycles. The van der Waals surface area contributed by atoms with Gasteiger partial charge >= 0.3 is 0 Å². The molecule has 0 unspecified atom stereocenters. The molecule has 1 aromatic rings. The van der Waals surface area contributed by atoms with Crippen molar-refractivity contribution in [2.24, 2.45) is 5.92 Å². The third kappa shape index (κ3) is 3.90. The number of rotatable bonds is 5. The monoisotopic (exact) mass is 333 g/mol. The second-order valence-corrected chi connectivity index (χ2v) is 6.68. The van der Waals surface area contributed by atoms with E-state index in [9.17, 15) is 9.90 Å². The molecule has 1 N–H and O–H groups in total. The van der Waals surface area contributed by atoms with Gasteiger partial charge in [-0.25, -0.2) is 0 Å². The van der Waals surface area contributed by atoms with Crippen LogP contribution >= 0.6 is 0 Å². The smallest absolute Gasteiger partial charge is 0.260 e. The minimum Gasteiger partial charge on any atom is -0.484 e. The van der Waals surface area contributed by atoms with Crippen molar-refractivity contribution in [1.29, 1.82) is 0 Å². The van der Waals surface area contributed by atoms with Crippen LogP contribution in [-0.4, -0.2) is 54.4 Å². The average Bonchev–Trinajstić information content (AvgIpc) is 3.10. The van der Waals surface area contributed by atoms with Gasteiger partial charge in [0.25, 0.3) is 5.91 Å². The summed E-state index contributed by atoms with van der Waals surface area (Å²) in [5.41, 5.74) is 1.25. The van der Waals surface area contributed by atoms with Gasteiger partial charge in [-0.2, -0.15) is 0 Å². The van der Waals surface area contributed by atoms with Crippen LogP contribution in [0.5, 0.6) is 5.75 Å². The molecule has 0 aliphatic carbocycles. The molecule has 2 heterocycles. The Morgan fingerprint density at radius 3 is 2.83 bits per heavy atom. The second-order valence-electron chi connectivity index (χ2n) is 6.68. The van der Waals surface area contributed by atoms with E-state index < -0.39 is 0 Å². The topological polar surface area (TPSA) is 59.0 Å². The fourth-order valence-electron chi connectivity index (χ4n) is 3.71. The fraction of sp³-hybridized carbons (Fsp3) is 0.632. The zero-order valence-corrected chi connectivity index (χ0v) is 14.3. The molecule has 0 radical (unpaired) electrons. The normalized spacial score (nSPS) is 27.2. The molecule has 3 rings (SSSR count). The molecule has 1 amide bonds. The predicted molar refractivity (Wildman–Crippen MR) is 91.0 cm³/mol. The standard InChI is InChI=1S/C19H27NO4/c1-2-14-5-7-15(8-6-14)24-13-19(22)20-10-3-4-17(20)16-12-23-11-9-18(16)21/h5-8,16-18,21H,2-4,9-13H2,1H3/t16-,17-,18+/m1/s1. The summed E-state index contributed by atoms with van der Waals surface area (Å²) in [6.07, 6.45) is 3.18. The van der Waals surface area contributed by atoms with Gasteiger partial charge < -0.3 is 19.5 Å². The molecule has 24 heavy (non-hydrogen) atoms. The lowest BCUT2D eigenvalue weighted by Crippen LogP contribution is -2.49. The van der Waals surface area contributed by atoms with Gasteiger partial charge in [0, 0.05) is 25.1 Å². The van der Waals surface area contributed by atoms with E-state index in [0.29, 0.717) is 19.6 Å². The van der Waals surface area contributed by atoms with E-state index in [0.717, 1.165) is 31.6 Å². The summed E-state index contributed by atoms with van der Waals surface area (Å²) in [5.74, 6) is 0.737. The third-order valence-electron chi connectivity index (χ3n) is 5.17. The Morgan fingerprint density at radius 2 is 2.12 bits per heavy atom. The van der Waals surface area contributed by atoms with Crippen LogP contribution in [0.25, 0.3) is 0 Å². The summed E-state index contributed by atoms with van der Waals surface area (Å²) in [6.45, 7) is 4.04. The first-order chi connectivity index (χ1) is 11.7. The Morgan fingerprint density at radius 1 is 1.33 bits per heavy atom. The Labute approximate surface area is 143 Å². The Hall–Kier alpha value is -1.59. The van der Waals surface area contributed by atoms with Crippen LogP contribution in [0.1, 0.15) is 31.7 Å². The summed E-state index contributed by atoms with van der Waals surface area (Å²) >= 11 is 0. The molecule has 0 spiro atoms.